The van der Waals surface area contributed by atoms with Crippen LogP contribution in [0.1, 0.15) is 13.3 Å². The van der Waals surface area contributed by atoms with Crippen molar-refractivity contribution < 1.29 is 4.74 Å². The zero-order valence-corrected chi connectivity index (χ0v) is 9.81. The summed E-state index contributed by atoms with van der Waals surface area (Å²) in [6.07, 6.45) is 4.48. The Morgan fingerprint density at radius 3 is 3.00 bits per heavy atom. The Morgan fingerprint density at radius 2 is 2.38 bits per heavy atom. The van der Waals surface area contributed by atoms with Gasteiger partial charge in [-0.3, -0.25) is 4.98 Å². The van der Waals surface area contributed by atoms with Crippen LogP contribution in [-0.2, 0) is 0 Å². The van der Waals surface area contributed by atoms with E-state index in [1.54, 1.807) is 19.5 Å². The second kappa shape index (κ2) is 4.25. The Bertz CT molecular complexity index is 371. The van der Waals surface area contributed by atoms with Gasteiger partial charge >= 0.3 is 0 Å². The van der Waals surface area contributed by atoms with E-state index in [9.17, 15) is 0 Å². The maximum atomic E-state index is 5.78. The first-order valence-corrected chi connectivity index (χ1v) is 5.48. The van der Waals surface area contributed by atoms with Gasteiger partial charge < -0.3 is 15.4 Å². The summed E-state index contributed by atoms with van der Waals surface area (Å²) in [5.41, 5.74) is 5.98. The lowest BCUT2D eigenvalue weighted by Gasteiger charge is -2.22. The zero-order valence-electron chi connectivity index (χ0n) is 9.81. The molecule has 1 aromatic heterocycles. The average Bonchev–Trinajstić information content (AvgIpc) is 2.73. The lowest BCUT2D eigenvalue weighted by molar-refractivity contribution is 0.382. The summed E-state index contributed by atoms with van der Waals surface area (Å²) < 4.78 is 5.07. The molecule has 1 unspecified atom stereocenters. The molecule has 2 heterocycles. The van der Waals surface area contributed by atoms with Crippen LogP contribution in [0.2, 0.25) is 0 Å². The van der Waals surface area contributed by atoms with Crippen molar-refractivity contribution in [1.29, 1.82) is 0 Å². The van der Waals surface area contributed by atoms with E-state index in [1.165, 1.54) is 0 Å². The molecule has 1 aliphatic heterocycles. The van der Waals surface area contributed by atoms with Crippen molar-refractivity contribution in [2.75, 3.05) is 31.6 Å². The normalized spacial score (nSPS) is 24.8. The third-order valence-corrected chi connectivity index (χ3v) is 3.18. The molecule has 0 spiro atoms. The largest absolute Gasteiger partial charge is 0.480 e. The van der Waals surface area contributed by atoms with Crippen molar-refractivity contribution in [1.82, 2.24) is 9.97 Å². The number of ether oxygens (including phenoxy) is 1. The predicted molar refractivity (Wildman–Crippen MR) is 62.6 cm³/mol. The van der Waals surface area contributed by atoms with E-state index in [0.29, 0.717) is 12.4 Å². The highest BCUT2D eigenvalue weighted by Crippen LogP contribution is 2.31. The van der Waals surface area contributed by atoms with Crippen LogP contribution in [0.3, 0.4) is 0 Å². The van der Waals surface area contributed by atoms with Gasteiger partial charge in [-0.05, 0) is 18.4 Å². The molecule has 0 bridgehead atoms. The van der Waals surface area contributed by atoms with E-state index in [4.69, 9.17) is 10.5 Å². The molecule has 0 radical (unpaired) electrons. The van der Waals surface area contributed by atoms with Crippen LogP contribution in [0.5, 0.6) is 5.88 Å². The Morgan fingerprint density at radius 1 is 1.56 bits per heavy atom. The Labute approximate surface area is 95.6 Å². The summed E-state index contributed by atoms with van der Waals surface area (Å²) in [6, 6.07) is 0. The van der Waals surface area contributed by atoms with Crippen molar-refractivity contribution in [3.63, 3.8) is 0 Å². The summed E-state index contributed by atoms with van der Waals surface area (Å²) in [7, 11) is 1.60. The van der Waals surface area contributed by atoms with Gasteiger partial charge in [-0.25, -0.2) is 0 Å². The molecule has 5 heteroatoms. The van der Waals surface area contributed by atoms with Crippen LogP contribution in [-0.4, -0.2) is 36.7 Å². The van der Waals surface area contributed by atoms with E-state index in [-0.39, 0.29) is 5.41 Å². The third-order valence-electron chi connectivity index (χ3n) is 3.18. The molecule has 2 rings (SSSR count). The standard InChI is InChI=1S/C11H18N4O/c1-11(7-12)3-4-15(8-11)9-5-13-6-10(14-9)16-2/h5-6H,3-4,7-8,12H2,1-2H3. The number of nitrogens with two attached hydrogens (primary N) is 1. The second-order valence-electron chi connectivity index (χ2n) is 4.61. The molecule has 0 amide bonds. The number of methoxy groups -OCH3 is 1. The minimum absolute atomic E-state index is 0.199. The zero-order chi connectivity index (χ0) is 11.6. The van der Waals surface area contributed by atoms with Crippen LogP contribution in [0.4, 0.5) is 5.82 Å². The lowest BCUT2D eigenvalue weighted by Crippen LogP contribution is -2.31. The van der Waals surface area contributed by atoms with E-state index < -0.39 is 0 Å². The maximum Gasteiger partial charge on any atom is 0.233 e. The Balaban J connectivity index is 2.14. The molecule has 0 saturated carbocycles. The summed E-state index contributed by atoms with van der Waals surface area (Å²) >= 11 is 0. The molecule has 1 aliphatic rings. The van der Waals surface area contributed by atoms with Crippen LogP contribution in [0.15, 0.2) is 12.4 Å². The van der Waals surface area contributed by atoms with Gasteiger partial charge in [-0.1, -0.05) is 6.92 Å². The fourth-order valence-electron chi connectivity index (χ4n) is 1.97. The highest BCUT2D eigenvalue weighted by Gasteiger charge is 2.33. The fourth-order valence-corrected chi connectivity index (χ4v) is 1.97. The van der Waals surface area contributed by atoms with Crippen molar-refractivity contribution in [2.24, 2.45) is 11.1 Å². The minimum Gasteiger partial charge on any atom is -0.480 e. The third kappa shape index (κ3) is 2.09. The topological polar surface area (TPSA) is 64.3 Å². The SMILES string of the molecule is COc1cncc(N2CCC(C)(CN)C2)n1. The molecular formula is C11H18N4O. The number of nitrogens with zero attached hydrogens (tertiary/aromatic N) is 3. The van der Waals surface area contributed by atoms with Crippen LogP contribution in [0.25, 0.3) is 0 Å². The molecule has 0 aromatic carbocycles. The summed E-state index contributed by atoms with van der Waals surface area (Å²) in [5.74, 6) is 1.43. The molecule has 1 atom stereocenters. The van der Waals surface area contributed by atoms with Crippen molar-refractivity contribution in [3.05, 3.63) is 12.4 Å². The quantitative estimate of drug-likeness (QED) is 0.814. The summed E-state index contributed by atoms with van der Waals surface area (Å²) in [5, 5.41) is 0. The van der Waals surface area contributed by atoms with Gasteiger partial charge in [-0.2, -0.15) is 4.98 Å². The number of aromatic nitrogens is 2. The Kier molecular flexibility index (Phi) is 2.96. The summed E-state index contributed by atoms with van der Waals surface area (Å²) in [4.78, 5) is 10.7. The first kappa shape index (κ1) is 11.1. The van der Waals surface area contributed by atoms with Gasteiger partial charge in [0.05, 0.1) is 19.5 Å². The highest BCUT2D eigenvalue weighted by atomic mass is 16.5. The molecule has 5 nitrogen and oxygen atoms in total. The van der Waals surface area contributed by atoms with Crippen LogP contribution in [0, 0.1) is 5.41 Å². The monoisotopic (exact) mass is 222 g/mol. The molecule has 1 saturated heterocycles. The fraction of sp³-hybridized carbons (Fsp3) is 0.636. The Hall–Kier alpha value is -1.36. The maximum absolute atomic E-state index is 5.78. The van der Waals surface area contributed by atoms with Crippen molar-refractivity contribution in [3.8, 4) is 5.88 Å². The number of anilines is 1. The smallest absolute Gasteiger partial charge is 0.233 e. The van der Waals surface area contributed by atoms with Crippen molar-refractivity contribution in [2.45, 2.75) is 13.3 Å². The van der Waals surface area contributed by atoms with Gasteiger partial charge in [-0.15, -0.1) is 0 Å². The molecule has 1 aromatic rings. The van der Waals surface area contributed by atoms with E-state index >= 15 is 0 Å². The number of rotatable bonds is 3. The summed E-state index contributed by atoms with van der Waals surface area (Å²) in [6.45, 7) is 4.84. The van der Waals surface area contributed by atoms with Gasteiger partial charge in [0.1, 0.15) is 0 Å². The van der Waals surface area contributed by atoms with Gasteiger partial charge in [0.25, 0.3) is 0 Å². The van der Waals surface area contributed by atoms with E-state index in [1.807, 2.05) is 0 Å². The van der Waals surface area contributed by atoms with Gasteiger partial charge in [0.2, 0.25) is 5.88 Å². The van der Waals surface area contributed by atoms with Gasteiger partial charge in [0, 0.05) is 13.1 Å². The molecule has 1 fully saturated rings. The highest BCUT2D eigenvalue weighted by molar-refractivity contribution is 5.39. The van der Waals surface area contributed by atoms with Crippen LogP contribution >= 0.6 is 0 Å². The lowest BCUT2D eigenvalue weighted by atomic mass is 9.90. The number of hydrogen-bond acceptors (Lipinski definition) is 5. The molecule has 88 valence electrons. The van der Waals surface area contributed by atoms with E-state index in [0.717, 1.165) is 25.3 Å². The van der Waals surface area contributed by atoms with Gasteiger partial charge in [0.15, 0.2) is 5.82 Å². The molecule has 16 heavy (non-hydrogen) atoms. The molecular weight excluding hydrogens is 204 g/mol. The molecule has 0 aliphatic carbocycles. The minimum atomic E-state index is 0.199. The first-order valence-electron chi connectivity index (χ1n) is 5.48. The number of hydrogen-bond donors (Lipinski definition) is 1. The molecule has 2 N–H and O–H groups in total. The van der Waals surface area contributed by atoms with E-state index in [2.05, 4.69) is 21.8 Å². The van der Waals surface area contributed by atoms with Crippen molar-refractivity contribution >= 4 is 5.82 Å². The average molecular weight is 222 g/mol. The first-order chi connectivity index (χ1) is 7.67. The van der Waals surface area contributed by atoms with Crippen LogP contribution < -0.4 is 15.4 Å². The second-order valence-corrected chi connectivity index (χ2v) is 4.61. The predicted octanol–water partition coefficient (Wildman–Crippen LogP) is 0.660.